The Hall–Kier alpha value is -1.55. The van der Waals surface area contributed by atoms with Crippen LogP contribution in [-0.4, -0.2) is 32.1 Å². The number of aromatic nitrogens is 3. The van der Waals surface area contributed by atoms with E-state index in [2.05, 4.69) is 50.9 Å². The number of imidazole rings is 1. The third kappa shape index (κ3) is 2.53. The summed E-state index contributed by atoms with van der Waals surface area (Å²) in [5.41, 5.74) is 4.31. The molecule has 2 aliphatic rings. The lowest BCUT2D eigenvalue weighted by Gasteiger charge is -2.20. The second kappa shape index (κ2) is 5.34. The molecule has 1 atom stereocenters. The van der Waals surface area contributed by atoms with Gasteiger partial charge in [0.05, 0.1) is 12.0 Å². The van der Waals surface area contributed by atoms with E-state index in [1.54, 1.807) is 0 Å². The maximum Gasteiger partial charge on any atom is 0.0954 e. The summed E-state index contributed by atoms with van der Waals surface area (Å²) in [7, 11) is 2.09. The zero-order valence-corrected chi connectivity index (χ0v) is 12.8. The van der Waals surface area contributed by atoms with Crippen molar-refractivity contribution in [3.63, 3.8) is 0 Å². The Balaban J connectivity index is 1.45. The molecular weight excluding hydrogens is 260 g/mol. The summed E-state index contributed by atoms with van der Waals surface area (Å²) in [6, 6.07) is 2.86. The first-order valence-electron chi connectivity index (χ1n) is 8.17. The summed E-state index contributed by atoms with van der Waals surface area (Å²) in [6.07, 6.45) is 12.8. The van der Waals surface area contributed by atoms with Gasteiger partial charge in [-0.1, -0.05) is 0 Å². The van der Waals surface area contributed by atoms with Crippen LogP contribution in [0.1, 0.15) is 42.3 Å². The van der Waals surface area contributed by atoms with Gasteiger partial charge in [-0.2, -0.15) is 0 Å². The molecule has 4 heteroatoms. The summed E-state index contributed by atoms with van der Waals surface area (Å²) >= 11 is 0. The SMILES string of the molecule is Cn1ccc(CN2CC[C@H](n3cnc4c3CCCC4)C2)c1. The molecule has 0 N–H and O–H groups in total. The molecule has 1 fully saturated rings. The fraction of sp³-hybridized carbons (Fsp3) is 0.588. The van der Waals surface area contributed by atoms with Crippen LogP contribution in [0, 0.1) is 0 Å². The normalized spacial score (nSPS) is 22.6. The van der Waals surface area contributed by atoms with Gasteiger partial charge in [0.2, 0.25) is 0 Å². The van der Waals surface area contributed by atoms with Crippen LogP contribution in [0.25, 0.3) is 0 Å². The molecule has 0 unspecified atom stereocenters. The third-order valence-electron chi connectivity index (χ3n) is 5.00. The van der Waals surface area contributed by atoms with Gasteiger partial charge in [-0.05, 0) is 43.7 Å². The van der Waals surface area contributed by atoms with Crippen LogP contribution in [0.3, 0.4) is 0 Å². The predicted molar refractivity (Wildman–Crippen MR) is 83.2 cm³/mol. The minimum Gasteiger partial charge on any atom is -0.357 e. The average Bonchev–Trinajstić information content (AvgIpc) is 3.19. The fourth-order valence-electron chi connectivity index (χ4n) is 3.90. The number of aryl methyl sites for hydroxylation is 2. The predicted octanol–water partition coefficient (Wildman–Crippen LogP) is 2.55. The van der Waals surface area contributed by atoms with Crippen molar-refractivity contribution in [3.8, 4) is 0 Å². The molecule has 0 bridgehead atoms. The molecule has 0 amide bonds. The van der Waals surface area contributed by atoms with Crippen LogP contribution in [-0.2, 0) is 26.4 Å². The Morgan fingerprint density at radius 1 is 1.29 bits per heavy atom. The van der Waals surface area contributed by atoms with Crippen molar-refractivity contribution in [1.82, 2.24) is 19.0 Å². The summed E-state index contributed by atoms with van der Waals surface area (Å²) in [6.45, 7) is 3.44. The lowest BCUT2D eigenvalue weighted by Crippen LogP contribution is -2.21. The van der Waals surface area contributed by atoms with Crippen molar-refractivity contribution in [2.75, 3.05) is 13.1 Å². The summed E-state index contributed by atoms with van der Waals surface area (Å²) in [4.78, 5) is 7.23. The number of rotatable bonds is 3. The molecule has 0 spiro atoms. The summed E-state index contributed by atoms with van der Waals surface area (Å²) < 4.78 is 4.62. The van der Waals surface area contributed by atoms with Crippen LogP contribution >= 0.6 is 0 Å². The van der Waals surface area contributed by atoms with Gasteiger partial charge in [0.15, 0.2) is 0 Å². The Bertz CT molecular complexity index is 625. The van der Waals surface area contributed by atoms with E-state index in [1.165, 1.54) is 55.6 Å². The second-order valence-electron chi connectivity index (χ2n) is 6.62. The molecule has 1 saturated heterocycles. The number of fused-ring (bicyclic) bond motifs is 1. The van der Waals surface area contributed by atoms with Gasteiger partial charge >= 0.3 is 0 Å². The highest BCUT2D eigenvalue weighted by Gasteiger charge is 2.27. The van der Waals surface area contributed by atoms with E-state index in [-0.39, 0.29) is 0 Å². The van der Waals surface area contributed by atoms with Crippen molar-refractivity contribution in [3.05, 3.63) is 41.7 Å². The van der Waals surface area contributed by atoms with Crippen LogP contribution in [0.15, 0.2) is 24.8 Å². The van der Waals surface area contributed by atoms with E-state index >= 15 is 0 Å². The van der Waals surface area contributed by atoms with E-state index in [0.717, 1.165) is 13.1 Å². The summed E-state index contributed by atoms with van der Waals surface area (Å²) in [5, 5.41) is 0. The van der Waals surface area contributed by atoms with Gasteiger partial charge in [0.1, 0.15) is 0 Å². The number of hydrogen-bond acceptors (Lipinski definition) is 2. The third-order valence-corrected chi connectivity index (χ3v) is 5.00. The highest BCUT2D eigenvalue weighted by Crippen LogP contribution is 2.28. The van der Waals surface area contributed by atoms with Crippen molar-refractivity contribution in [2.24, 2.45) is 7.05 Å². The van der Waals surface area contributed by atoms with Gasteiger partial charge in [0, 0.05) is 50.8 Å². The van der Waals surface area contributed by atoms with E-state index in [0.29, 0.717) is 6.04 Å². The average molecular weight is 284 g/mol. The van der Waals surface area contributed by atoms with Crippen LogP contribution in [0.5, 0.6) is 0 Å². The molecule has 4 nitrogen and oxygen atoms in total. The van der Waals surface area contributed by atoms with Gasteiger partial charge in [-0.3, -0.25) is 4.90 Å². The molecule has 0 radical (unpaired) electrons. The molecule has 1 aliphatic heterocycles. The molecular formula is C17H24N4. The number of likely N-dealkylation sites (tertiary alicyclic amines) is 1. The van der Waals surface area contributed by atoms with Gasteiger partial charge in [0.25, 0.3) is 0 Å². The lowest BCUT2D eigenvalue weighted by atomic mass is 10.0. The van der Waals surface area contributed by atoms with Crippen molar-refractivity contribution < 1.29 is 0 Å². The highest BCUT2D eigenvalue weighted by atomic mass is 15.2. The zero-order valence-electron chi connectivity index (χ0n) is 12.8. The highest BCUT2D eigenvalue weighted by molar-refractivity contribution is 5.18. The van der Waals surface area contributed by atoms with Crippen molar-refractivity contribution in [1.29, 1.82) is 0 Å². The topological polar surface area (TPSA) is 26.0 Å². The van der Waals surface area contributed by atoms with Gasteiger partial charge in [-0.15, -0.1) is 0 Å². The van der Waals surface area contributed by atoms with Crippen LogP contribution in [0.2, 0.25) is 0 Å². The first-order valence-corrected chi connectivity index (χ1v) is 8.17. The molecule has 3 heterocycles. The monoisotopic (exact) mass is 284 g/mol. The Labute approximate surface area is 126 Å². The zero-order chi connectivity index (χ0) is 14.2. The minimum atomic E-state index is 0.628. The first kappa shape index (κ1) is 13.1. The molecule has 4 rings (SSSR count). The molecule has 2 aromatic heterocycles. The Morgan fingerprint density at radius 3 is 3.05 bits per heavy atom. The molecule has 0 aromatic carbocycles. The van der Waals surface area contributed by atoms with E-state index in [9.17, 15) is 0 Å². The van der Waals surface area contributed by atoms with Crippen molar-refractivity contribution >= 4 is 0 Å². The largest absolute Gasteiger partial charge is 0.357 e. The van der Waals surface area contributed by atoms with Crippen LogP contribution < -0.4 is 0 Å². The molecule has 21 heavy (non-hydrogen) atoms. The summed E-state index contributed by atoms with van der Waals surface area (Å²) in [5.74, 6) is 0. The smallest absolute Gasteiger partial charge is 0.0954 e. The first-order chi connectivity index (χ1) is 10.3. The second-order valence-corrected chi connectivity index (χ2v) is 6.62. The molecule has 0 saturated carbocycles. The van der Waals surface area contributed by atoms with Gasteiger partial charge in [-0.25, -0.2) is 4.98 Å². The molecule has 112 valence electrons. The number of nitrogens with zero attached hydrogens (tertiary/aromatic N) is 4. The standard InChI is InChI=1S/C17H24N4/c1-19-8-6-14(10-19)11-20-9-7-15(12-20)21-13-18-16-4-2-3-5-17(16)21/h6,8,10,13,15H,2-5,7,9,11-12H2,1H3/t15-/m0/s1. The fourth-order valence-corrected chi connectivity index (χ4v) is 3.90. The minimum absolute atomic E-state index is 0.628. The quantitative estimate of drug-likeness (QED) is 0.866. The van der Waals surface area contributed by atoms with Crippen molar-refractivity contribution in [2.45, 2.75) is 44.7 Å². The molecule has 1 aliphatic carbocycles. The van der Waals surface area contributed by atoms with E-state index in [4.69, 9.17) is 0 Å². The maximum absolute atomic E-state index is 4.65. The Kier molecular flexibility index (Phi) is 3.34. The molecule has 2 aromatic rings. The van der Waals surface area contributed by atoms with Gasteiger partial charge < -0.3 is 9.13 Å². The number of hydrogen-bond donors (Lipinski definition) is 0. The van der Waals surface area contributed by atoms with Crippen LogP contribution in [0.4, 0.5) is 0 Å². The Morgan fingerprint density at radius 2 is 2.19 bits per heavy atom. The lowest BCUT2D eigenvalue weighted by molar-refractivity contribution is 0.315. The van der Waals surface area contributed by atoms with E-state index in [1.807, 2.05) is 0 Å². The maximum atomic E-state index is 4.65. The van der Waals surface area contributed by atoms with E-state index < -0.39 is 0 Å².